The molecule has 2 heterocycles. The molecule has 0 spiro atoms. The minimum atomic E-state index is 0.472. The third-order valence-electron chi connectivity index (χ3n) is 1.92. The Labute approximate surface area is 80.6 Å². The lowest BCUT2D eigenvalue weighted by atomic mass is 10.2. The average Bonchev–Trinajstić information content (AvgIpc) is 2.27. The number of pyridine rings is 2. The van der Waals surface area contributed by atoms with Crippen molar-refractivity contribution in [1.82, 2.24) is 9.97 Å². The Morgan fingerprint density at radius 2 is 2.29 bits per heavy atom. The van der Waals surface area contributed by atoms with Crippen LogP contribution >= 0.6 is 0 Å². The van der Waals surface area contributed by atoms with Gasteiger partial charge in [-0.05, 0) is 12.1 Å². The quantitative estimate of drug-likeness (QED) is 0.669. The maximum absolute atomic E-state index is 10.5. The number of nitrogens with zero attached hydrogens (tertiary/aromatic N) is 2. The number of fused-ring (bicyclic) bond motifs is 1. The van der Waals surface area contributed by atoms with Crippen LogP contribution in [0.25, 0.3) is 10.9 Å². The van der Waals surface area contributed by atoms with Gasteiger partial charge in [0.25, 0.3) is 0 Å². The Kier molecular flexibility index (Phi) is 2.10. The van der Waals surface area contributed by atoms with E-state index in [2.05, 4.69) is 9.97 Å². The van der Waals surface area contributed by atoms with Crippen molar-refractivity contribution >= 4 is 17.2 Å². The molecular weight excluding hydrogens is 180 g/mol. The number of methoxy groups -OCH3 is 1. The van der Waals surface area contributed by atoms with Crippen LogP contribution < -0.4 is 4.74 Å². The summed E-state index contributed by atoms with van der Waals surface area (Å²) in [6, 6.07) is 3.54. The summed E-state index contributed by atoms with van der Waals surface area (Å²) >= 11 is 0. The zero-order valence-electron chi connectivity index (χ0n) is 7.60. The summed E-state index contributed by atoms with van der Waals surface area (Å²) in [6.45, 7) is 0. The molecule has 4 nitrogen and oxygen atoms in total. The minimum absolute atomic E-state index is 0.472. The smallest absolute Gasteiger partial charge is 0.240 e. The van der Waals surface area contributed by atoms with Crippen molar-refractivity contribution in [3.05, 3.63) is 30.1 Å². The van der Waals surface area contributed by atoms with E-state index in [1.807, 2.05) is 0 Å². The first-order valence-electron chi connectivity index (χ1n) is 4.09. The normalized spacial score (nSPS) is 10.1. The summed E-state index contributed by atoms with van der Waals surface area (Å²) in [6.07, 6.45) is 3.89. The highest BCUT2D eigenvalue weighted by atomic mass is 16.5. The Morgan fingerprint density at radius 3 is 3.00 bits per heavy atom. The van der Waals surface area contributed by atoms with Gasteiger partial charge in [0.2, 0.25) is 5.88 Å². The van der Waals surface area contributed by atoms with Crippen molar-refractivity contribution in [2.24, 2.45) is 0 Å². The van der Waals surface area contributed by atoms with Crippen LogP contribution in [0.5, 0.6) is 5.88 Å². The first-order chi connectivity index (χ1) is 6.85. The minimum Gasteiger partial charge on any atom is -0.479 e. The second kappa shape index (κ2) is 3.41. The number of aldehydes is 1. The second-order valence-corrected chi connectivity index (χ2v) is 2.78. The number of carbonyl (C=O) groups excluding carboxylic acids is 1. The van der Waals surface area contributed by atoms with Crippen molar-refractivity contribution < 1.29 is 9.53 Å². The van der Waals surface area contributed by atoms with Crippen molar-refractivity contribution in [1.29, 1.82) is 0 Å². The van der Waals surface area contributed by atoms with Gasteiger partial charge in [0.05, 0.1) is 7.11 Å². The van der Waals surface area contributed by atoms with E-state index in [1.165, 1.54) is 13.3 Å². The fourth-order valence-corrected chi connectivity index (χ4v) is 1.26. The Morgan fingerprint density at radius 1 is 1.43 bits per heavy atom. The van der Waals surface area contributed by atoms with Gasteiger partial charge in [-0.3, -0.25) is 4.79 Å². The van der Waals surface area contributed by atoms with Crippen LogP contribution in [-0.4, -0.2) is 23.4 Å². The average molecular weight is 188 g/mol. The fourth-order valence-electron chi connectivity index (χ4n) is 1.26. The Balaban J connectivity index is 2.73. The van der Waals surface area contributed by atoms with Crippen LogP contribution in [0.2, 0.25) is 0 Å². The first kappa shape index (κ1) is 8.62. The van der Waals surface area contributed by atoms with Crippen LogP contribution in [0.15, 0.2) is 24.5 Å². The van der Waals surface area contributed by atoms with E-state index in [9.17, 15) is 4.79 Å². The van der Waals surface area contributed by atoms with Gasteiger partial charge in [-0.1, -0.05) is 0 Å². The van der Waals surface area contributed by atoms with Crippen LogP contribution in [0, 0.1) is 0 Å². The van der Waals surface area contributed by atoms with Crippen molar-refractivity contribution in [3.8, 4) is 5.88 Å². The van der Waals surface area contributed by atoms with Gasteiger partial charge >= 0.3 is 0 Å². The molecule has 70 valence electrons. The molecule has 0 saturated carbocycles. The van der Waals surface area contributed by atoms with E-state index in [-0.39, 0.29) is 0 Å². The van der Waals surface area contributed by atoms with Gasteiger partial charge in [-0.25, -0.2) is 9.97 Å². The molecular formula is C10H8N2O2. The summed E-state index contributed by atoms with van der Waals surface area (Å²) in [4.78, 5) is 18.6. The maximum Gasteiger partial charge on any atom is 0.240 e. The number of rotatable bonds is 2. The molecule has 4 heteroatoms. The highest BCUT2D eigenvalue weighted by Gasteiger charge is 2.03. The maximum atomic E-state index is 10.5. The third-order valence-corrected chi connectivity index (χ3v) is 1.92. The fraction of sp³-hybridized carbons (Fsp3) is 0.100. The molecule has 2 aromatic heterocycles. The standard InChI is InChI=1S/C10H8N2O2/c1-14-10-9-8(2-3-11-10)4-7(6-13)5-12-9/h2-6H,1H3. The Bertz CT molecular complexity index is 483. The molecule has 0 unspecified atom stereocenters. The first-order valence-corrected chi connectivity index (χ1v) is 4.09. The highest BCUT2D eigenvalue weighted by Crippen LogP contribution is 2.20. The molecule has 0 amide bonds. The monoisotopic (exact) mass is 188 g/mol. The summed E-state index contributed by atoms with van der Waals surface area (Å²) in [5, 5.41) is 0.849. The van der Waals surface area contributed by atoms with E-state index in [0.717, 1.165) is 11.7 Å². The number of ether oxygens (including phenoxy) is 1. The Hall–Kier alpha value is -1.97. The number of hydrogen-bond acceptors (Lipinski definition) is 4. The van der Waals surface area contributed by atoms with Crippen LogP contribution in [0.1, 0.15) is 10.4 Å². The van der Waals surface area contributed by atoms with E-state index >= 15 is 0 Å². The van der Waals surface area contributed by atoms with Gasteiger partial charge in [0, 0.05) is 23.3 Å². The molecule has 0 saturated heterocycles. The molecule has 0 bridgehead atoms. The molecule has 0 aromatic carbocycles. The SMILES string of the molecule is COc1nccc2cc(C=O)cnc12. The van der Waals surface area contributed by atoms with E-state index in [4.69, 9.17) is 4.74 Å². The van der Waals surface area contributed by atoms with Gasteiger partial charge in [-0.15, -0.1) is 0 Å². The molecule has 14 heavy (non-hydrogen) atoms. The van der Waals surface area contributed by atoms with Crippen molar-refractivity contribution in [2.75, 3.05) is 7.11 Å². The summed E-state index contributed by atoms with van der Waals surface area (Å²) in [7, 11) is 1.54. The molecule has 0 radical (unpaired) electrons. The zero-order chi connectivity index (χ0) is 9.97. The molecule has 0 aliphatic heterocycles. The second-order valence-electron chi connectivity index (χ2n) is 2.78. The topological polar surface area (TPSA) is 52.1 Å². The molecule has 2 aromatic rings. The summed E-state index contributed by atoms with van der Waals surface area (Å²) < 4.78 is 5.04. The van der Waals surface area contributed by atoms with Crippen molar-refractivity contribution in [2.45, 2.75) is 0 Å². The molecule has 0 fully saturated rings. The van der Waals surface area contributed by atoms with E-state index < -0.39 is 0 Å². The number of hydrogen-bond donors (Lipinski definition) is 0. The third kappa shape index (κ3) is 1.31. The lowest BCUT2D eigenvalue weighted by Crippen LogP contribution is -1.92. The van der Waals surface area contributed by atoms with Gasteiger partial charge < -0.3 is 4.74 Å². The van der Waals surface area contributed by atoms with Crippen LogP contribution in [0.4, 0.5) is 0 Å². The van der Waals surface area contributed by atoms with Crippen LogP contribution in [-0.2, 0) is 0 Å². The number of carbonyl (C=O) groups is 1. The molecule has 0 aliphatic carbocycles. The van der Waals surface area contributed by atoms with Gasteiger partial charge in [0.15, 0.2) is 6.29 Å². The zero-order valence-corrected chi connectivity index (χ0v) is 7.60. The van der Waals surface area contributed by atoms with E-state index in [0.29, 0.717) is 17.0 Å². The largest absolute Gasteiger partial charge is 0.479 e. The molecule has 2 rings (SSSR count). The predicted molar refractivity (Wildman–Crippen MR) is 51.5 cm³/mol. The van der Waals surface area contributed by atoms with Gasteiger partial charge in [-0.2, -0.15) is 0 Å². The molecule has 0 atom stereocenters. The number of aromatic nitrogens is 2. The molecule has 0 N–H and O–H groups in total. The summed E-state index contributed by atoms with van der Waals surface area (Å²) in [5.41, 5.74) is 1.21. The summed E-state index contributed by atoms with van der Waals surface area (Å²) in [5.74, 6) is 0.472. The predicted octanol–water partition coefficient (Wildman–Crippen LogP) is 1.45. The van der Waals surface area contributed by atoms with E-state index in [1.54, 1.807) is 18.3 Å². The lowest BCUT2D eigenvalue weighted by Gasteiger charge is -2.02. The van der Waals surface area contributed by atoms with Gasteiger partial charge in [0.1, 0.15) is 5.52 Å². The highest BCUT2D eigenvalue weighted by molar-refractivity contribution is 5.87. The lowest BCUT2D eigenvalue weighted by molar-refractivity contribution is 0.112. The molecule has 0 aliphatic rings. The van der Waals surface area contributed by atoms with Crippen LogP contribution in [0.3, 0.4) is 0 Å². The van der Waals surface area contributed by atoms with Crippen molar-refractivity contribution in [3.63, 3.8) is 0 Å².